The molecule has 0 atom stereocenters. The third-order valence-corrected chi connectivity index (χ3v) is 6.30. The zero-order valence-electron chi connectivity index (χ0n) is 19.2. The second-order valence-corrected chi connectivity index (χ2v) is 8.57. The van der Waals surface area contributed by atoms with Gasteiger partial charge in [-0.1, -0.05) is 6.07 Å². The number of nitrogens with one attached hydrogen (secondary N) is 2. The van der Waals surface area contributed by atoms with Crippen molar-refractivity contribution in [3.8, 4) is 11.1 Å². The number of aromatic nitrogens is 3. The Kier molecular flexibility index (Phi) is 6.27. The minimum Gasteiger partial charge on any atom is -0.378 e. The highest BCUT2D eigenvalue weighted by atomic mass is 16.5. The number of ether oxygens (including phenoxy) is 1. The molecule has 2 aliphatic rings. The van der Waals surface area contributed by atoms with Crippen molar-refractivity contribution in [3.05, 3.63) is 70.0 Å². The molecular formula is C25H28N6O3. The van der Waals surface area contributed by atoms with Gasteiger partial charge < -0.3 is 20.3 Å². The molecule has 0 aliphatic carbocycles. The minimum absolute atomic E-state index is 0.00460. The van der Waals surface area contributed by atoms with Crippen LogP contribution in [0.3, 0.4) is 0 Å². The van der Waals surface area contributed by atoms with E-state index in [0.717, 1.165) is 28.1 Å². The van der Waals surface area contributed by atoms with Gasteiger partial charge in [-0.3, -0.25) is 19.3 Å². The molecule has 9 heteroatoms. The molecule has 0 bridgehead atoms. The highest BCUT2D eigenvalue weighted by molar-refractivity contribution is 5.83. The van der Waals surface area contributed by atoms with Crippen molar-refractivity contribution >= 4 is 16.8 Å². The molecule has 176 valence electrons. The Labute approximate surface area is 197 Å². The number of amides is 1. The first-order chi connectivity index (χ1) is 16.6. The van der Waals surface area contributed by atoms with Crippen LogP contribution in [0.5, 0.6) is 0 Å². The first-order valence-corrected chi connectivity index (χ1v) is 11.6. The minimum atomic E-state index is -0.00460. The molecule has 3 aromatic rings. The molecule has 9 nitrogen and oxygen atoms in total. The standard InChI is InChI=1S/C25H28N6O3/c1-30-16-19(15-29-30)18-12-21-22(27-14-18)4-2-17-13-28-23(5-3-20(17)25(21)33)26-7-6-24(32)31-8-10-34-11-9-31/h2,4-5,12,14-16,26,28H,3,6-11,13H2,1H3. The maximum Gasteiger partial charge on any atom is 0.224 e. The van der Waals surface area contributed by atoms with E-state index in [4.69, 9.17) is 4.74 Å². The fraction of sp³-hybridized carbons (Fsp3) is 0.360. The van der Waals surface area contributed by atoms with Gasteiger partial charge in [0.1, 0.15) is 0 Å². The van der Waals surface area contributed by atoms with E-state index in [9.17, 15) is 9.59 Å². The fourth-order valence-electron chi connectivity index (χ4n) is 4.37. The van der Waals surface area contributed by atoms with Crippen LogP contribution in [-0.4, -0.2) is 58.4 Å². The van der Waals surface area contributed by atoms with Gasteiger partial charge in [-0.2, -0.15) is 5.10 Å². The van der Waals surface area contributed by atoms with Crippen LogP contribution in [0.2, 0.25) is 0 Å². The number of carbonyl (C=O) groups excluding carboxylic acids is 1. The number of aryl methyl sites for hydroxylation is 1. The summed E-state index contributed by atoms with van der Waals surface area (Å²) < 4.78 is 7.04. The predicted octanol–water partition coefficient (Wildman–Crippen LogP) is 1.32. The van der Waals surface area contributed by atoms with Crippen LogP contribution in [0.4, 0.5) is 0 Å². The van der Waals surface area contributed by atoms with Crippen LogP contribution in [-0.2, 0) is 29.5 Å². The molecule has 0 spiro atoms. The summed E-state index contributed by atoms with van der Waals surface area (Å²) in [5.41, 5.74) is 4.17. The SMILES string of the molecule is Cn1cc(-c2cnc3ccc4c(c(=O)c3c2)CC=C(NCCC(=O)N2CCOCC2)NC4)cn1. The maximum atomic E-state index is 13.5. The zero-order valence-corrected chi connectivity index (χ0v) is 19.2. The molecule has 0 radical (unpaired) electrons. The number of carbonyl (C=O) groups is 1. The van der Waals surface area contributed by atoms with Gasteiger partial charge in [0, 0.05) is 74.1 Å². The number of rotatable bonds is 5. The van der Waals surface area contributed by atoms with Crippen molar-refractivity contribution in [1.82, 2.24) is 30.3 Å². The van der Waals surface area contributed by atoms with E-state index in [1.54, 1.807) is 17.1 Å². The summed E-state index contributed by atoms with van der Waals surface area (Å²) in [5, 5.41) is 11.5. The Morgan fingerprint density at radius 1 is 1.21 bits per heavy atom. The summed E-state index contributed by atoms with van der Waals surface area (Å²) in [6, 6.07) is 5.78. The Morgan fingerprint density at radius 3 is 2.85 bits per heavy atom. The summed E-state index contributed by atoms with van der Waals surface area (Å²) >= 11 is 0. The Hall–Kier alpha value is -3.72. The van der Waals surface area contributed by atoms with Crippen molar-refractivity contribution in [1.29, 1.82) is 0 Å². The smallest absolute Gasteiger partial charge is 0.224 e. The lowest BCUT2D eigenvalue weighted by molar-refractivity contribution is -0.135. The molecule has 1 amide bonds. The molecule has 0 saturated carbocycles. The second-order valence-electron chi connectivity index (χ2n) is 8.57. The van der Waals surface area contributed by atoms with Gasteiger partial charge in [-0.15, -0.1) is 0 Å². The number of hydrogen-bond donors (Lipinski definition) is 2. The van der Waals surface area contributed by atoms with Crippen LogP contribution in [0, 0.1) is 0 Å². The maximum absolute atomic E-state index is 13.5. The van der Waals surface area contributed by atoms with E-state index in [1.807, 2.05) is 42.4 Å². The van der Waals surface area contributed by atoms with Crippen LogP contribution >= 0.6 is 0 Å². The van der Waals surface area contributed by atoms with Crippen LogP contribution in [0.1, 0.15) is 17.5 Å². The third kappa shape index (κ3) is 4.65. The van der Waals surface area contributed by atoms with Gasteiger partial charge in [-0.05, 0) is 30.2 Å². The quantitative estimate of drug-likeness (QED) is 0.592. The Bertz CT molecular complexity index is 1310. The van der Waals surface area contributed by atoms with Crippen molar-refractivity contribution < 1.29 is 9.53 Å². The van der Waals surface area contributed by atoms with Gasteiger partial charge in [0.25, 0.3) is 0 Å². The molecule has 1 saturated heterocycles. The molecule has 2 N–H and O–H groups in total. The molecular weight excluding hydrogens is 432 g/mol. The van der Waals surface area contributed by atoms with Crippen molar-refractivity contribution in [3.63, 3.8) is 0 Å². The van der Waals surface area contributed by atoms with E-state index in [0.29, 0.717) is 63.1 Å². The van der Waals surface area contributed by atoms with Gasteiger partial charge in [0.15, 0.2) is 5.43 Å². The Morgan fingerprint density at radius 2 is 2.06 bits per heavy atom. The highest BCUT2D eigenvalue weighted by Crippen LogP contribution is 2.22. The highest BCUT2D eigenvalue weighted by Gasteiger charge is 2.17. The first kappa shape index (κ1) is 22.1. The second kappa shape index (κ2) is 9.64. The number of nitrogens with zero attached hydrogens (tertiary/aromatic N) is 4. The normalized spacial score (nSPS) is 15.8. The van der Waals surface area contributed by atoms with E-state index in [-0.39, 0.29) is 11.3 Å². The number of hydrogen-bond acceptors (Lipinski definition) is 7. The van der Waals surface area contributed by atoms with Gasteiger partial charge in [0.2, 0.25) is 5.91 Å². The van der Waals surface area contributed by atoms with Gasteiger partial charge >= 0.3 is 0 Å². The van der Waals surface area contributed by atoms with Gasteiger partial charge in [0.05, 0.1) is 30.7 Å². The summed E-state index contributed by atoms with van der Waals surface area (Å²) in [6.07, 6.45) is 8.36. The largest absolute Gasteiger partial charge is 0.378 e. The molecule has 2 aliphatic heterocycles. The predicted molar refractivity (Wildman–Crippen MR) is 129 cm³/mol. The lowest BCUT2D eigenvalue weighted by Gasteiger charge is -2.27. The van der Waals surface area contributed by atoms with E-state index in [2.05, 4.69) is 20.7 Å². The van der Waals surface area contributed by atoms with Crippen molar-refractivity contribution in [2.24, 2.45) is 7.05 Å². The van der Waals surface area contributed by atoms with Crippen LogP contribution < -0.4 is 16.1 Å². The summed E-state index contributed by atoms with van der Waals surface area (Å²) in [5.74, 6) is 0.970. The average molecular weight is 461 g/mol. The zero-order chi connectivity index (χ0) is 23.5. The van der Waals surface area contributed by atoms with Gasteiger partial charge in [-0.25, -0.2) is 0 Å². The van der Waals surface area contributed by atoms with E-state index < -0.39 is 0 Å². The number of pyridine rings is 1. The molecule has 1 fully saturated rings. The lowest BCUT2D eigenvalue weighted by Crippen LogP contribution is -2.41. The Balaban J connectivity index is 1.33. The van der Waals surface area contributed by atoms with Crippen molar-refractivity contribution in [2.75, 3.05) is 32.8 Å². The number of morpholine rings is 1. The first-order valence-electron chi connectivity index (χ1n) is 11.6. The number of fused-ring (bicyclic) bond motifs is 2. The molecule has 1 aromatic carbocycles. The molecule has 34 heavy (non-hydrogen) atoms. The summed E-state index contributed by atoms with van der Waals surface area (Å²) in [6.45, 7) is 3.58. The van der Waals surface area contributed by atoms with Crippen LogP contribution in [0.25, 0.3) is 22.0 Å². The lowest BCUT2D eigenvalue weighted by atomic mass is 10.1. The monoisotopic (exact) mass is 460 g/mol. The van der Waals surface area contributed by atoms with Crippen LogP contribution in [0.15, 0.2) is 53.5 Å². The third-order valence-electron chi connectivity index (χ3n) is 6.30. The summed E-state index contributed by atoms with van der Waals surface area (Å²) in [4.78, 5) is 32.3. The van der Waals surface area contributed by atoms with Crippen molar-refractivity contribution in [2.45, 2.75) is 19.4 Å². The van der Waals surface area contributed by atoms with E-state index in [1.165, 1.54) is 0 Å². The van der Waals surface area contributed by atoms with E-state index >= 15 is 0 Å². The molecule has 2 aromatic heterocycles. The molecule has 4 heterocycles. The number of allylic oxidation sites excluding steroid dienone is 1. The topological polar surface area (TPSA) is 101 Å². The fourth-order valence-corrected chi connectivity index (χ4v) is 4.37. The average Bonchev–Trinajstić information content (AvgIpc) is 3.13. The summed E-state index contributed by atoms with van der Waals surface area (Å²) in [7, 11) is 1.86. The molecule has 0 unspecified atom stereocenters. The molecule has 5 rings (SSSR count).